The highest BCUT2D eigenvalue weighted by molar-refractivity contribution is 6.76. The number of imidazole rings is 1. The van der Waals surface area contributed by atoms with Gasteiger partial charge >= 0.3 is 0 Å². The van der Waals surface area contributed by atoms with E-state index in [0.29, 0.717) is 12.6 Å². The van der Waals surface area contributed by atoms with Crippen LogP contribution in [0.1, 0.15) is 23.1 Å². The van der Waals surface area contributed by atoms with Crippen molar-refractivity contribution in [2.75, 3.05) is 6.61 Å². The molecule has 0 fully saturated rings. The van der Waals surface area contributed by atoms with Gasteiger partial charge in [0.15, 0.2) is 11.6 Å². The maximum atomic E-state index is 11.8. The third-order valence-corrected chi connectivity index (χ3v) is 5.22. The van der Waals surface area contributed by atoms with Gasteiger partial charge in [0.2, 0.25) is 0 Å². The molecule has 2 rings (SSSR count). The summed E-state index contributed by atoms with van der Waals surface area (Å²) in [6.45, 7) is 11.7. The molecule has 5 heteroatoms. The minimum absolute atomic E-state index is 0.0283. The van der Waals surface area contributed by atoms with Gasteiger partial charge < -0.3 is 4.74 Å². The molecule has 1 aromatic carbocycles. The van der Waals surface area contributed by atoms with E-state index in [1.54, 1.807) is 6.92 Å². The zero-order valence-corrected chi connectivity index (χ0v) is 14.6. The van der Waals surface area contributed by atoms with E-state index in [2.05, 4.69) is 24.6 Å². The molecule has 4 nitrogen and oxygen atoms in total. The molecule has 0 radical (unpaired) electrons. The fraction of sp³-hybridized carbons (Fsp3) is 0.500. The molecular formula is C16H24N2O2Si. The van der Waals surface area contributed by atoms with Crippen molar-refractivity contribution in [1.29, 1.82) is 0 Å². The second-order valence-electron chi connectivity index (χ2n) is 6.71. The summed E-state index contributed by atoms with van der Waals surface area (Å²) in [5, 5.41) is 0. The zero-order chi connectivity index (χ0) is 15.6. The van der Waals surface area contributed by atoms with Gasteiger partial charge in [0.1, 0.15) is 6.73 Å². The number of carbonyl (C=O) groups excluding carboxylic acids is 1. The molecule has 1 heterocycles. The van der Waals surface area contributed by atoms with E-state index < -0.39 is 8.07 Å². The SMILES string of the molecule is CC(=O)c1nc2c(C)cccc2n1COCC[Si](C)(C)C. The van der Waals surface area contributed by atoms with Crippen LogP contribution in [0.5, 0.6) is 0 Å². The van der Waals surface area contributed by atoms with Crippen LogP contribution in [0.2, 0.25) is 25.7 Å². The number of hydrogen-bond acceptors (Lipinski definition) is 3. The topological polar surface area (TPSA) is 44.1 Å². The van der Waals surface area contributed by atoms with Crippen molar-refractivity contribution in [2.24, 2.45) is 0 Å². The fourth-order valence-corrected chi connectivity index (χ4v) is 2.98. The summed E-state index contributed by atoms with van der Waals surface area (Å²) in [4.78, 5) is 16.3. The van der Waals surface area contributed by atoms with E-state index in [0.717, 1.165) is 29.2 Å². The van der Waals surface area contributed by atoms with Gasteiger partial charge in [-0.3, -0.25) is 9.36 Å². The van der Waals surface area contributed by atoms with Crippen LogP contribution in [0, 0.1) is 6.92 Å². The minimum Gasteiger partial charge on any atom is -0.361 e. The monoisotopic (exact) mass is 304 g/mol. The molecule has 0 aliphatic heterocycles. The van der Waals surface area contributed by atoms with E-state index in [1.165, 1.54) is 0 Å². The number of benzene rings is 1. The molecule has 114 valence electrons. The van der Waals surface area contributed by atoms with Crippen LogP contribution in [-0.2, 0) is 11.5 Å². The summed E-state index contributed by atoms with van der Waals surface area (Å²) < 4.78 is 7.68. The van der Waals surface area contributed by atoms with E-state index in [4.69, 9.17) is 4.74 Å². The number of Topliss-reactive ketones (excluding diaryl/α,β-unsaturated/α-hetero) is 1. The van der Waals surface area contributed by atoms with Crippen LogP contribution in [-0.4, -0.2) is 30.0 Å². The Morgan fingerprint density at radius 1 is 1.33 bits per heavy atom. The Morgan fingerprint density at radius 2 is 2.05 bits per heavy atom. The molecule has 0 aliphatic carbocycles. The lowest BCUT2D eigenvalue weighted by atomic mass is 10.2. The Bertz CT molecular complexity index is 656. The number of fused-ring (bicyclic) bond motifs is 1. The summed E-state index contributed by atoms with van der Waals surface area (Å²) in [5.74, 6) is 0.451. The first-order valence-electron chi connectivity index (χ1n) is 7.34. The summed E-state index contributed by atoms with van der Waals surface area (Å²) in [7, 11) is -1.09. The van der Waals surface area contributed by atoms with Gasteiger partial charge in [0.25, 0.3) is 0 Å². The molecule has 0 saturated heterocycles. The fourth-order valence-electron chi connectivity index (χ4n) is 2.22. The molecule has 0 atom stereocenters. The van der Waals surface area contributed by atoms with Gasteiger partial charge in [0, 0.05) is 21.6 Å². The molecule has 0 spiro atoms. The number of nitrogens with zero attached hydrogens (tertiary/aromatic N) is 2. The van der Waals surface area contributed by atoms with Crippen LogP contribution < -0.4 is 0 Å². The Labute approximate surface area is 127 Å². The van der Waals surface area contributed by atoms with Gasteiger partial charge in [-0.15, -0.1) is 0 Å². The minimum atomic E-state index is -1.09. The van der Waals surface area contributed by atoms with Crippen LogP contribution in [0.3, 0.4) is 0 Å². The molecule has 2 aromatic rings. The van der Waals surface area contributed by atoms with Crippen molar-refractivity contribution in [3.05, 3.63) is 29.6 Å². The summed E-state index contributed by atoms with van der Waals surface area (Å²) in [5.41, 5.74) is 2.93. The van der Waals surface area contributed by atoms with Crippen LogP contribution in [0.4, 0.5) is 0 Å². The Morgan fingerprint density at radius 3 is 2.67 bits per heavy atom. The number of para-hydroxylation sites is 1. The number of ether oxygens (including phenoxy) is 1. The zero-order valence-electron chi connectivity index (χ0n) is 13.6. The first-order chi connectivity index (χ1) is 9.79. The van der Waals surface area contributed by atoms with Crippen molar-refractivity contribution < 1.29 is 9.53 Å². The molecule has 1 aromatic heterocycles. The lowest BCUT2D eigenvalue weighted by Crippen LogP contribution is -2.22. The molecular weight excluding hydrogens is 280 g/mol. The first kappa shape index (κ1) is 15.9. The van der Waals surface area contributed by atoms with Gasteiger partial charge in [-0.1, -0.05) is 31.8 Å². The molecule has 0 unspecified atom stereocenters. The van der Waals surface area contributed by atoms with Gasteiger partial charge in [-0.05, 0) is 24.6 Å². The van der Waals surface area contributed by atoms with Gasteiger partial charge in [-0.25, -0.2) is 4.98 Å². The molecule has 0 bridgehead atoms. The lowest BCUT2D eigenvalue weighted by molar-refractivity contribution is 0.0827. The average Bonchev–Trinajstić information content (AvgIpc) is 2.74. The maximum Gasteiger partial charge on any atom is 0.195 e. The number of aryl methyl sites for hydroxylation is 1. The van der Waals surface area contributed by atoms with Crippen molar-refractivity contribution in [2.45, 2.75) is 46.3 Å². The van der Waals surface area contributed by atoms with Crippen molar-refractivity contribution in [1.82, 2.24) is 9.55 Å². The second-order valence-corrected chi connectivity index (χ2v) is 12.3. The third-order valence-electron chi connectivity index (χ3n) is 3.51. The maximum absolute atomic E-state index is 11.8. The molecule has 0 aliphatic rings. The molecule has 0 amide bonds. The van der Waals surface area contributed by atoms with Gasteiger partial charge in [-0.2, -0.15) is 0 Å². The predicted octanol–water partition coefficient (Wildman–Crippen LogP) is 3.86. The van der Waals surface area contributed by atoms with Crippen LogP contribution in [0.15, 0.2) is 18.2 Å². The van der Waals surface area contributed by atoms with E-state index in [-0.39, 0.29) is 5.78 Å². The van der Waals surface area contributed by atoms with Crippen LogP contribution >= 0.6 is 0 Å². The summed E-state index contributed by atoms with van der Waals surface area (Å²) >= 11 is 0. The predicted molar refractivity (Wildman–Crippen MR) is 88.6 cm³/mol. The van der Waals surface area contributed by atoms with Crippen LogP contribution in [0.25, 0.3) is 11.0 Å². The number of rotatable bonds is 6. The Kier molecular flexibility index (Phi) is 4.63. The standard InChI is InChI=1S/C16H24N2O2Si/c1-12-7-6-8-14-15(12)17-16(13(2)19)18(14)11-20-9-10-21(3,4)5/h6-8H,9-11H2,1-5H3. The van der Waals surface area contributed by atoms with Gasteiger partial charge in [0.05, 0.1) is 11.0 Å². The molecule has 0 N–H and O–H groups in total. The third kappa shape index (κ3) is 3.80. The highest BCUT2D eigenvalue weighted by atomic mass is 28.3. The number of ketones is 1. The average molecular weight is 304 g/mol. The summed E-state index contributed by atoms with van der Waals surface area (Å²) in [6, 6.07) is 7.11. The van der Waals surface area contributed by atoms with Crippen molar-refractivity contribution in [3.8, 4) is 0 Å². The van der Waals surface area contributed by atoms with E-state index >= 15 is 0 Å². The largest absolute Gasteiger partial charge is 0.361 e. The van der Waals surface area contributed by atoms with E-state index in [1.807, 2.05) is 29.7 Å². The number of aromatic nitrogens is 2. The highest BCUT2D eigenvalue weighted by Gasteiger charge is 2.16. The van der Waals surface area contributed by atoms with E-state index in [9.17, 15) is 4.79 Å². The molecule has 21 heavy (non-hydrogen) atoms. The second kappa shape index (κ2) is 6.11. The van der Waals surface area contributed by atoms with Crippen molar-refractivity contribution >= 4 is 24.9 Å². The Balaban J connectivity index is 2.23. The number of hydrogen-bond donors (Lipinski definition) is 0. The summed E-state index contributed by atoms with van der Waals surface area (Å²) in [6.07, 6.45) is 0. The van der Waals surface area contributed by atoms with Crippen molar-refractivity contribution in [3.63, 3.8) is 0 Å². The Hall–Kier alpha value is -1.46. The molecule has 0 saturated carbocycles. The number of carbonyl (C=O) groups is 1. The highest BCUT2D eigenvalue weighted by Crippen LogP contribution is 2.20. The quantitative estimate of drug-likeness (QED) is 0.462. The lowest BCUT2D eigenvalue weighted by Gasteiger charge is -2.16. The smallest absolute Gasteiger partial charge is 0.195 e. The first-order valence-corrected chi connectivity index (χ1v) is 11.0. The normalized spacial score (nSPS) is 12.0.